The van der Waals surface area contributed by atoms with E-state index in [-0.39, 0.29) is 18.0 Å². The molecule has 1 saturated heterocycles. The van der Waals surface area contributed by atoms with Gasteiger partial charge in [0.05, 0.1) is 6.61 Å². The summed E-state index contributed by atoms with van der Waals surface area (Å²) in [6.45, 7) is 2.42. The van der Waals surface area contributed by atoms with Gasteiger partial charge in [-0.25, -0.2) is 16.3 Å². The second-order valence-corrected chi connectivity index (χ2v) is 5.78. The Labute approximate surface area is 136 Å². The molecule has 1 amide bonds. The Morgan fingerprint density at radius 1 is 1.13 bits per heavy atom. The Kier molecular flexibility index (Phi) is 5.02. The highest BCUT2D eigenvalue weighted by Gasteiger charge is 2.30. The summed E-state index contributed by atoms with van der Waals surface area (Å²) in [5.41, 5.74) is 12.1. The van der Waals surface area contributed by atoms with Crippen LogP contribution in [-0.4, -0.2) is 11.9 Å². The fraction of sp³-hybridized carbons (Fsp3) is 0.278. The van der Waals surface area contributed by atoms with E-state index >= 15 is 0 Å². The van der Waals surface area contributed by atoms with Crippen LogP contribution in [0.1, 0.15) is 29.2 Å². The quantitative estimate of drug-likeness (QED) is 0.741. The van der Waals surface area contributed by atoms with Gasteiger partial charge >= 0.3 is 0 Å². The van der Waals surface area contributed by atoms with Crippen LogP contribution in [0.5, 0.6) is 0 Å². The summed E-state index contributed by atoms with van der Waals surface area (Å²) in [6, 6.07) is 17.9. The average molecular weight is 311 g/mol. The zero-order valence-electron chi connectivity index (χ0n) is 13.1. The summed E-state index contributed by atoms with van der Waals surface area (Å²) in [4.78, 5) is 17.4. The number of benzene rings is 2. The van der Waals surface area contributed by atoms with Gasteiger partial charge in [0, 0.05) is 6.04 Å². The Morgan fingerprint density at radius 3 is 2.61 bits per heavy atom. The van der Waals surface area contributed by atoms with Gasteiger partial charge in [0.25, 0.3) is 5.91 Å². The topological polar surface area (TPSA) is 62.4 Å². The number of carbonyl (C=O) groups excluding carboxylic acids is 1. The minimum absolute atomic E-state index is 0.125. The lowest BCUT2D eigenvalue weighted by Crippen LogP contribution is -2.43. The molecular formula is C18H21N3O2. The van der Waals surface area contributed by atoms with Crippen LogP contribution in [0.3, 0.4) is 0 Å². The summed E-state index contributed by atoms with van der Waals surface area (Å²) >= 11 is 0. The van der Waals surface area contributed by atoms with Gasteiger partial charge in [-0.05, 0) is 24.5 Å². The lowest BCUT2D eigenvalue weighted by Gasteiger charge is -2.11. The molecule has 0 bridgehead atoms. The van der Waals surface area contributed by atoms with Gasteiger partial charge in [-0.2, -0.15) is 0 Å². The number of aryl methyl sites for hydroxylation is 1. The molecule has 120 valence electrons. The predicted octanol–water partition coefficient (Wildman–Crippen LogP) is 2.15. The number of amides is 1. The maximum atomic E-state index is 12.1. The highest BCUT2D eigenvalue weighted by molar-refractivity contribution is 5.81. The van der Waals surface area contributed by atoms with Gasteiger partial charge in [0.2, 0.25) is 0 Å². The molecule has 0 radical (unpaired) electrons. The number of hydrogen-bond acceptors (Lipinski definition) is 4. The molecule has 3 N–H and O–H groups in total. The summed E-state index contributed by atoms with van der Waals surface area (Å²) in [5.74, 6) is -0.164. The van der Waals surface area contributed by atoms with Crippen molar-refractivity contribution in [2.24, 2.45) is 0 Å². The first kappa shape index (κ1) is 15.7. The van der Waals surface area contributed by atoms with Crippen LogP contribution in [0.4, 0.5) is 0 Å². The van der Waals surface area contributed by atoms with E-state index in [4.69, 9.17) is 4.84 Å². The van der Waals surface area contributed by atoms with Crippen molar-refractivity contribution >= 4 is 5.91 Å². The van der Waals surface area contributed by atoms with Gasteiger partial charge in [0.1, 0.15) is 6.04 Å². The molecule has 1 fully saturated rings. The zero-order valence-corrected chi connectivity index (χ0v) is 13.1. The molecule has 2 atom stereocenters. The molecular weight excluding hydrogens is 290 g/mol. The Bertz CT molecular complexity index is 643. The molecule has 0 spiro atoms. The first-order valence-corrected chi connectivity index (χ1v) is 7.75. The van der Waals surface area contributed by atoms with Crippen LogP contribution in [0, 0.1) is 6.92 Å². The third kappa shape index (κ3) is 4.16. The van der Waals surface area contributed by atoms with E-state index < -0.39 is 0 Å². The van der Waals surface area contributed by atoms with Crippen LogP contribution >= 0.6 is 0 Å². The van der Waals surface area contributed by atoms with E-state index in [0.29, 0.717) is 13.0 Å². The van der Waals surface area contributed by atoms with E-state index in [1.165, 1.54) is 11.1 Å². The number of rotatable bonds is 5. The molecule has 0 aromatic heterocycles. The monoisotopic (exact) mass is 311 g/mol. The number of hydroxylamine groups is 1. The zero-order chi connectivity index (χ0) is 16.1. The number of nitrogens with one attached hydrogen (secondary N) is 3. The molecule has 5 heteroatoms. The molecule has 2 aromatic carbocycles. The second-order valence-electron chi connectivity index (χ2n) is 5.78. The van der Waals surface area contributed by atoms with E-state index in [9.17, 15) is 4.79 Å². The van der Waals surface area contributed by atoms with Gasteiger partial charge in [-0.15, -0.1) is 0 Å². The van der Waals surface area contributed by atoms with Crippen LogP contribution in [0.15, 0.2) is 54.6 Å². The van der Waals surface area contributed by atoms with E-state index in [0.717, 1.165) is 5.56 Å². The molecule has 0 aliphatic carbocycles. The maximum Gasteiger partial charge on any atom is 0.262 e. The first-order chi connectivity index (χ1) is 11.2. The fourth-order valence-electron chi connectivity index (χ4n) is 2.58. The van der Waals surface area contributed by atoms with Crippen LogP contribution in [-0.2, 0) is 16.2 Å². The average Bonchev–Trinajstić information content (AvgIpc) is 3.06. The van der Waals surface area contributed by atoms with Crippen LogP contribution in [0.2, 0.25) is 0 Å². The molecule has 0 saturated carbocycles. The smallest absolute Gasteiger partial charge is 0.262 e. The van der Waals surface area contributed by atoms with E-state index in [1.807, 2.05) is 30.3 Å². The normalized spacial score (nSPS) is 20.4. The number of carbonyl (C=O) groups is 1. The van der Waals surface area contributed by atoms with Crippen molar-refractivity contribution in [2.45, 2.75) is 32.0 Å². The lowest BCUT2D eigenvalue weighted by molar-refractivity contribution is -0.136. The number of hydrazine groups is 1. The summed E-state index contributed by atoms with van der Waals surface area (Å²) in [6.07, 6.45) is 0.684. The van der Waals surface area contributed by atoms with Crippen molar-refractivity contribution in [3.63, 3.8) is 0 Å². The summed E-state index contributed by atoms with van der Waals surface area (Å²) < 4.78 is 0. The molecule has 2 unspecified atom stereocenters. The molecule has 1 aliphatic heterocycles. The minimum Gasteiger partial charge on any atom is -0.271 e. The molecule has 23 heavy (non-hydrogen) atoms. The highest BCUT2D eigenvalue weighted by Crippen LogP contribution is 2.22. The Hall–Kier alpha value is -2.21. The SMILES string of the molecule is Cc1ccc(C2CC(C(=O)NOCc3ccccc3)NN2)cc1. The Morgan fingerprint density at radius 2 is 1.87 bits per heavy atom. The standard InChI is InChI=1S/C18H21N3O2/c1-13-7-9-15(10-8-13)16-11-17(20-19-16)18(22)21-23-12-14-5-3-2-4-6-14/h2-10,16-17,19-20H,11-12H2,1H3,(H,21,22). The molecule has 2 aromatic rings. The molecule has 5 nitrogen and oxygen atoms in total. The largest absolute Gasteiger partial charge is 0.271 e. The van der Waals surface area contributed by atoms with Crippen molar-refractivity contribution in [1.29, 1.82) is 0 Å². The molecule has 1 aliphatic rings. The van der Waals surface area contributed by atoms with E-state index in [1.54, 1.807) is 0 Å². The van der Waals surface area contributed by atoms with E-state index in [2.05, 4.69) is 47.5 Å². The molecule has 3 rings (SSSR count). The lowest BCUT2D eigenvalue weighted by atomic mass is 10.0. The minimum atomic E-state index is -0.308. The number of hydrogen-bond donors (Lipinski definition) is 3. The third-order valence-corrected chi connectivity index (χ3v) is 3.95. The van der Waals surface area contributed by atoms with Crippen molar-refractivity contribution < 1.29 is 9.63 Å². The van der Waals surface area contributed by atoms with Crippen molar-refractivity contribution in [3.05, 3.63) is 71.3 Å². The molecule has 1 heterocycles. The second kappa shape index (κ2) is 7.37. The fourth-order valence-corrected chi connectivity index (χ4v) is 2.58. The Balaban J connectivity index is 1.46. The summed E-state index contributed by atoms with van der Waals surface area (Å²) in [7, 11) is 0. The third-order valence-electron chi connectivity index (χ3n) is 3.95. The van der Waals surface area contributed by atoms with Gasteiger partial charge < -0.3 is 0 Å². The van der Waals surface area contributed by atoms with Crippen LogP contribution < -0.4 is 16.3 Å². The highest BCUT2D eigenvalue weighted by atomic mass is 16.6. The van der Waals surface area contributed by atoms with Crippen LogP contribution in [0.25, 0.3) is 0 Å². The maximum absolute atomic E-state index is 12.1. The van der Waals surface area contributed by atoms with Crippen molar-refractivity contribution in [3.8, 4) is 0 Å². The van der Waals surface area contributed by atoms with Gasteiger partial charge in [0.15, 0.2) is 0 Å². The van der Waals surface area contributed by atoms with Gasteiger partial charge in [-0.1, -0.05) is 60.2 Å². The van der Waals surface area contributed by atoms with Crippen molar-refractivity contribution in [1.82, 2.24) is 16.3 Å². The summed E-state index contributed by atoms with van der Waals surface area (Å²) in [5, 5.41) is 0. The van der Waals surface area contributed by atoms with Crippen molar-refractivity contribution in [2.75, 3.05) is 0 Å². The first-order valence-electron chi connectivity index (χ1n) is 7.75. The predicted molar refractivity (Wildman–Crippen MR) is 88.0 cm³/mol. The van der Waals surface area contributed by atoms with Gasteiger partial charge in [-0.3, -0.25) is 9.63 Å².